The molecule has 0 fully saturated rings. The second kappa shape index (κ2) is 10.2. The van der Waals surface area contributed by atoms with E-state index >= 15 is 0 Å². The van der Waals surface area contributed by atoms with E-state index in [1.807, 2.05) is 6.07 Å². The van der Waals surface area contributed by atoms with Gasteiger partial charge in [0.1, 0.15) is 11.2 Å². The fourth-order valence-electron chi connectivity index (χ4n) is 7.90. The van der Waals surface area contributed by atoms with Gasteiger partial charge in [-0.3, -0.25) is 0 Å². The Labute approximate surface area is 271 Å². The molecule has 9 aromatic carbocycles. The molecule has 0 unspecified atom stereocenters. The zero-order valence-corrected chi connectivity index (χ0v) is 25.6. The fourth-order valence-corrected chi connectivity index (χ4v) is 7.90. The Morgan fingerprint density at radius 3 is 1.45 bits per heavy atom. The first kappa shape index (κ1) is 26.1. The Balaban J connectivity index is 1.27. The van der Waals surface area contributed by atoms with E-state index < -0.39 is 0 Å². The molecule has 0 radical (unpaired) electrons. The molecule has 0 bridgehead atoms. The summed E-state index contributed by atoms with van der Waals surface area (Å²) >= 11 is 0. The van der Waals surface area contributed by atoms with Gasteiger partial charge in [-0.25, -0.2) is 0 Å². The average Bonchev–Trinajstić information content (AvgIpc) is 3.53. The molecule has 218 valence electrons. The molecule has 1 nitrogen and oxygen atoms in total. The molecule has 0 saturated carbocycles. The van der Waals surface area contributed by atoms with Crippen LogP contribution in [0.2, 0.25) is 0 Å². The molecular weight excluding hydrogens is 569 g/mol. The zero-order chi connectivity index (χ0) is 30.9. The molecule has 0 atom stereocenters. The number of furan rings is 1. The summed E-state index contributed by atoms with van der Waals surface area (Å²) in [6.07, 6.45) is 0. The second-order valence-electron chi connectivity index (χ2n) is 12.4. The van der Waals surface area contributed by atoms with Crippen LogP contribution in [0.4, 0.5) is 0 Å². The van der Waals surface area contributed by atoms with Gasteiger partial charge >= 0.3 is 0 Å². The highest BCUT2D eigenvalue weighted by Crippen LogP contribution is 2.47. The van der Waals surface area contributed by atoms with E-state index in [1.54, 1.807) is 0 Å². The Bertz CT molecular complexity index is 2780. The Hall–Kier alpha value is -6.18. The van der Waals surface area contributed by atoms with Crippen molar-refractivity contribution in [2.24, 2.45) is 0 Å². The van der Waals surface area contributed by atoms with Gasteiger partial charge in [-0.15, -0.1) is 0 Å². The molecule has 47 heavy (non-hydrogen) atoms. The summed E-state index contributed by atoms with van der Waals surface area (Å²) in [6.45, 7) is 0. The standard InChI is InChI=1S/C46H28O/c1-2-13-29(14-3-1)44-36-17-6-8-19-38(36)45(39-20-9-7-18-37(39)44)40-26-25-33(30-15-4-5-16-32(30)40)31-22-12-23-35-34(31)27-28-43-46(35)41-21-10-11-24-42(41)47-43/h1-28H. The topological polar surface area (TPSA) is 13.1 Å². The molecule has 0 amide bonds. The Morgan fingerprint density at radius 1 is 0.255 bits per heavy atom. The van der Waals surface area contributed by atoms with Crippen LogP contribution >= 0.6 is 0 Å². The van der Waals surface area contributed by atoms with Crippen LogP contribution in [0.3, 0.4) is 0 Å². The highest BCUT2D eigenvalue weighted by atomic mass is 16.3. The lowest BCUT2D eigenvalue weighted by molar-refractivity contribution is 0.669. The quantitative estimate of drug-likeness (QED) is 0.185. The van der Waals surface area contributed by atoms with Gasteiger partial charge in [-0.05, 0) is 88.6 Å². The van der Waals surface area contributed by atoms with E-state index in [4.69, 9.17) is 4.42 Å². The normalized spacial score (nSPS) is 11.8. The van der Waals surface area contributed by atoms with Crippen LogP contribution in [0.25, 0.3) is 98.4 Å². The number of rotatable bonds is 3. The van der Waals surface area contributed by atoms with E-state index in [0.29, 0.717) is 0 Å². The minimum absolute atomic E-state index is 0.924. The lowest BCUT2D eigenvalue weighted by Crippen LogP contribution is -1.92. The molecular formula is C46H28O. The van der Waals surface area contributed by atoms with Gasteiger partial charge in [0.15, 0.2) is 0 Å². The maximum absolute atomic E-state index is 6.25. The number of para-hydroxylation sites is 1. The first-order valence-corrected chi connectivity index (χ1v) is 16.2. The summed E-state index contributed by atoms with van der Waals surface area (Å²) in [5.74, 6) is 0. The van der Waals surface area contributed by atoms with Crippen molar-refractivity contribution in [3.8, 4) is 33.4 Å². The van der Waals surface area contributed by atoms with Crippen molar-refractivity contribution < 1.29 is 4.42 Å². The van der Waals surface area contributed by atoms with Crippen molar-refractivity contribution in [2.45, 2.75) is 0 Å². The van der Waals surface area contributed by atoms with Crippen LogP contribution in [0, 0.1) is 0 Å². The van der Waals surface area contributed by atoms with Gasteiger partial charge in [0.25, 0.3) is 0 Å². The third-order valence-electron chi connectivity index (χ3n) is 9.88. The van der Waals surface area contributed by atoms with Crippen molar-refractivity contribution in [1.29, 1.82) is 0 Å². The van der Waals surface area contributed by atoms with E-state index in [-0.39, 0.29) is 0 Å². The molecule has 0 spiro atoms. The van der Waals surface area contributed by atoms with E-state index in [0.717, 1.165) is 16.6 Å². The van der Waals surface area contributed by atoms with E-state index in [1.165, 1.54) is 81.9 Å². The van der Waals surface area contributed by atoms with Gasteiger partial charge in [-0.2, -0.15) is 0 Å². The molecule has 1 aromatic heterocycles. The number of hydrogen-bond acceptors (Lipinski definition) is 1. The summed E-state index contributed by atoms with van der Waals surface area (Å²) in [5.41, 5.74) is 9.37. The van der Waals surface area contributed by atoms with Crippen LogP contribution in [-0.2, 0) is 0 Å². The monoisotopic (exact) mass is 596 g/mol. The molecule has 0 aliphatic heterocycles. The Kier molecular flexibility index (Phi) is 5.64. The SMILES string of the molecule is c1ccc(-c2c3ccccc3c(-c3ccc(-c4cccc5c4ccc4oc6ccccc6c45)c4ccccc34)c3ccccc23)cc1. The smallest absolute Gasteiger partial charge is 0.136 e. The number of hydrogen-bond donors (Lipinski definition) is 0. The predicted octanol–water partition coefficient (Wildman–Crippen LogP) is 13.2. The van der Waals surface area contributed by atoms with Crippen molar-refractivity contribution >= 4 is 65.0 Å². The van der Waals surface area contributed by atoms with Gasteiger partial charge < -0.3 is 4.42 Å². The van der Waals surface area contributed by atoms with Crippen LogP contribution in [0.15, 0.2) is 174 Å². The lowest BCUT2D eigenvalue weighted by Gasteiger charge is -2.20. The minimum atomic E-state index is 0.924. The van der Waals surface area contributed by atoms with Crippen molar-refractivity contribution in [1.82, 2.24) is 0 Å². The average molecular weight is 597 g/mol. The lowest BCUT2D eigenvalue weighted by atomic mass is 9.83. The van der Waals surface area contributed by atoms with Crippen LogP contribution in [0.5, 0.6) is 0 Å². The maximum atomic E-state index is 6.25. The second-order valence-corrected chi connectivity index (χ2v) is 12.4. The maximum Gasteiger partial charge on any atom is 0.136 e. The van der Waals surface area contributed by atoms with Crippen LogP contribution in [0.1, 0.15) is 0 Å². The molecule has 0 N–H and O–H groups in total. The van der Waals surface area contributed by atoms with E-state index in [2.05, 4.69) is 164 Å². The third kappa shape index (κ3) is 3.84. The highest BCUT2D eigenvalue weighted by Gasteiger charge is 2.20. The summed E-state index contributed by atoms with van der Waals surface area (Å²) in [5, 5.41) is 12.3. The molecule has 0 aliphatic rings. The van der Waals surface area contributed by atoms with Gasteiger partial charge in [0.2, 0.25) is 0 Å². The van der Waals surface area contributed by atoms with Gasteiger partial charge in [-0.1, -0.05) is 158 Å². The van der Waals surface area contributed by atoms with Gasteiger partial charge in [0.05, 0.1) is 0 Å². The highest BCUT2D eigenvalue weighted by molar-refractivity contribution is 6.25. The summed E-state index contributed by atoms with van der Waals surface area (Å²) in [6, 6.07) is 61.5. The van der Waals surface area contributed by atoms with Crippen molar-refractivity contribution in [3.63, 3.8) is 0 Å². The van der Waals surface area contributed by atoms with E-state index in [9.17, 15) is 0 Å². The number of benzene rings is 9. The molecule has 10 rings (SSSR count). The fraction of sp³-hybridized carbons (Fsp3) is 0. The zero-order valence-electron chi connectivity index (χ0n) is 25.6. The number of fused-ring (bicyclic) bond motifs is 8. The molecule has 0 saturated heterocycles. The third-order valence-corrected chi connectivity index (χ3v) is 9.88. The van der Waals surface area contributed by atoms with Crippen LogP contribution in [-0.4, -0.2) is 0 Å². The van der Waals surface area contributed by atoms with Crippen molar-refractivity contribution in [2.75, 3.05) is 0 Å². The van der Waals surface area contributed by atoms with Crippen molar-refractivity contribution in [3.05, 3.63) is 170 Å². The first-order valence-electron chi connectivity index (χ1n) is 16.2. The van der Waals surface area contributed by atoms with Crippen LogP contribution < -0.4 is 0 Å². The molecule has 1 heteroatoms. The summed E-state index contributed by atoms with van der Waals surface area (Å²) in [7, 11) is 0. The molecule has 1 heterocycles. The first-order chi connectivity index (χ1) is 23.3. The molecule has 10 aromatic rings. The summed E-state index contributed by atoms with van der Waals surface area (Å²) < 4.78 is 6.25. The predicted molar refractivity (Wildman–Crippen MR) is 200 cm³/mol. The Morgan fingerprint density at radius 2 is 0.745 bits per heavy atom. The van der Waals surface area contributed by atoms with Gasteiger partial charge in [0, 0.05) is 10.8 Å². The largest absolute Gasteiger partial charge is 0.456 e. The summed E-state index contributed by atoms with van der Waals surface area (Å²) in [4.78, 5) is 0. The molecule has 0 aliphatic carbocycles. The minimum Gasteiger partial charge on any atom is -0.456 e.